The second kappa shape index (κ2) is 3.32. The largest absolute Gasteiger partial charge is 0.398 e. The van der Waals surface area contributed by atoms with Crippen LogP contribution in [-0.4, -0.2) is 14.9 Å². The highest BCUT2D eigenvalue weighted by atomic mass is 35.5. The Labute approximate surface area is 90.6 Å². The van der Waals surface area contributed by atoms with Crippen molar-refractivity contribution in [1.29, 1.82) is 0 Å². The number of nitrogen functional groups attached to an aromatic ring is 3. The minimum Gasteiger partial charge on any atom is -0.398 e. The Bertz CT molecular complexity index is 506. The molecule has 0 aliphatic heterocycles. The van der Waals surface area contributed by atoms with Crippen molar-refractivity contribution in [1.82, 2.24) is 14.9 Å². The number of halogens is 1. The van der Waals surface area contributed by atoms with Crippen molar-refractivity contribution in [2.75, 3.05) is 17.3 Å². The molecule has 1 heterocycles. The molecule has 2 aromatic rings. The van der Waals surface area contributed by atoms with Gasteiger partial charge in [0.25, 0.3) is 0 Å². The van der Waals surface area contributed by atoms with Crippen LogP contribution < -0.4 is 17.3 Å². The molecule has 0 atom stereocenters. The Hall–Kier alpha value is -1.95. The average molecular weight is 225 g/mol. The summed E-state index contributed by atoms with van der Waals surface area (Å²) in [6, 6.07) is 5.01. The van der Waals surface area contributed by atoms with Crippen LogP contribution in [0.1, 0.15) is 0 Å². The van der Waals surface area contributed by atoms with E-state index in [9.17, 15) is 0 Å². The van der Waals surface area contributed by atoms with Gasteiger partial charge in [-0.15, -0.1) is 10.2 Å². The minimum absolute atomic E-state index is 0.115. The molecule has 0 amide bonds. The Balaban J connectivity index is 2.63. The van der Waals surface area contributed by atoms with Crippen LogP contribution in [0.2, 0.25) is 5.02 Å². The van der Waals surface area contributed by atoms with Gasteiger partial charge < -0.3 is 17.3 Å². The summed E-state index contributed by atoms with van der Waals surface area (Å²) in [6.45, 7) is 0. The van der Waals surface area contributed by atoms with E-state index in [-0.39, 0.29) is 5.95 Å². The van der Waals surface area contributed by atoms with Crippen LogP contribution in [0, 0.1) is 0 Å². The van der Waals surface area contributed by atoms with Crippen LogP contribution in [0.15, 0.2) is 18.2 Å². The van der Waals surface area contributed by atoms with Gasteiger partial charge in [0.05, 0.1) is 0 Å². The topological polar surface area (TPSA) is 109 Å². The van der Waals surface area contributed by atoms with Gasteiger partial charge in [-0.3, -0.25) is 0 Å². The van der Waals surface area contributed by atoms with E-state index in [4.69, 9.17) is 28.9 Å². The molecular weight excluding hydrogens is 216 g/mol. The molecule has 6 nitrogen and oxygen atoms in total. The molecule has 0 unspecified atom stereocenters. The van der Waals surface area contributed by atoms with E-state index in [0.717, 1.165) is 4.68 Å². The fraction of sp³-hybridized carbons (Fsp3) is 0. The quantitative estimate of drug-likeness (QED) is 0.482. The van der Waals surface area contributed by atoms with Gasteiger partial charge in [0, 0.05) is 16.3 Å². The summed E-state index contributed by atoms with van der Waals surface area (Å²) in [6.07, 6.45) is 0. The predicted octanol–water partition coefficient (Wildman–Crippen LogP) is 0.477. The van der Waals surface area contributed by atoms with Crippen LogP contribution >= 0.6 is 11.6 Å². The molecule has 15 heavy (non-hydrogen) atoms. The summed E-state index contributed by atoms with van der Waals surface area (Å²) < 4.78 is 1.15. The minimum atomic E-state index is 0.115. The lowest BCUT2D eigenvalue weighted by Gasteiger charge is -2.05. The maximum atomic E-state index is 5.84. The molecule has 0 aliphatic rings. The Kier molecular flexibility index (Phi) is 2.12. The lowest BCUT2D eigenvalue weighted by atomic mass is 10.2. The SMILES string of the molecule is Nc1ccc(Cl)cc1-c1nnc(N)n1N. The predicted molar refractivity (Wildman–Crippen MR) is 59.4 cm³/mol. The van der Waals surface area contributed by atoms with Gasteiger partial charge in [-0.2, -0.15) is 0 Å². The molecule has 7 heteroatoms. The van der Waals surface area contributed by atoms with E-state index >= 15 is 0 Å². The molecule has 78 valence electrons. The Morgan fingerprint density at radius 2 is 1.93 bits per heavy atom. The molecule has 0 saturated heterocycles. The summed E-state index contributed by atoms with van der Waals surface area (Å²) in [5.41, 5.74) is 12.3. The molecule has 0 radical (unpaired) electrons. The summed E-state index contributed by atoms with van der Waals surface area (Å²) >= 11 is 5.84. The van der Waals surface area contributed by atoms with Gasteiger partial charge in [-0.25, -0.2) is 4.68 Å². The smallest absolute Gasteiger partial charge is 0.241 e. The number of nitrogens with zero attached hydrogens (tertiary/aromatic N) is 3. The molecule has 0 fully saturated rings. The second-order valence-corrected chi connectivity index (χ2v) is 3.42. The monoisotopic (exact) mass is 224 g/mol. The van der Waals surface area contributed by atoms with E-state index in [0.29, 0.717) is 22.1 Å². The van der Waals surface area contributed by atoms with Crippen molar-refractivity contribution < 1.29 is 0 Å². The van der Waals surface area contributed by atoms with E-state index in [2.05, 4.69) is 10.2 Å². The zero-order valence-corrected chi connectivity index (χ0v) is 8.44. The number of hydrogen-bond donors (Lipinski definition) is 3. The Morgan fingerprint density at radius 3 is 2.53 bits per heavy atom. The first-order chi connectivity index (χ1) is 7.09. The van der Waals surface area contributed by atoms with Gasteiger partial charge >= 0.3 is 0 Å². The third-order valence-electron chi connectivity index (χ3n) is 1.98. The number of anilines is 2. The van der Waals surface area contributed by atoms with Gasteiger partial charge in [0.15, 0.2) is 5.82 Å². The van der Waals surface area contributed by atoms with Gasteiger partial charge in [0.1, 0.15) is 0 Å². The first-order valence-electron chi connectivity index (χ1n) is 4.11. The highest BCUT2D eigenvalue weighted by Crippen LogP contribution is 2.27. The Morgan fingerprint density at radius 1 is 1.20 bits per heavy atom. The van der Waals surface area contributed by atoms with Crippen molar-refractivity contribution in [3.05, 3.63) is 23.2 Å². The lowest BCUT2D eigenvalue weighted by Crippen LogP contribution is -2.13. The van der Waals surface area contributed by atoms with E-state index in [1.165, 1.54) is 0 Å². The molecule has 1 aromatic heterocycles. The third-order valence-corrected chi connectivity index (χ3v) is 2.21. The fourth-order valence-corrected chi connectivity index (χ4v) is 1.38. The van der Waals surface area contributed by atoms with E-state index in [1.807, 2.05) is 0 Å². The molecular formula is C8H9ClN6. The van der Waals surface area contributed by atoms with Gasteiger partial charge in [-0.05, 0) is 18.2 Å². The summed E-state index contributed by atoms with van der Waals surface area (Å²) in [4.78, 5) is 0. The summed E-state index contributed by atoms with van der Waals surface area (Å²) in [7, 11) is 0. The number of rotatable bonds is 1. The van der Waals surface area contributed by atoms with Crippen molar-refractivity contribution in [2.24, 2.45) is 0 Å². The van der Waals surface area contributed by atoms with Crippen molar-refractivity contribution in [3.8, 4) is 11.4 Å². The van der Waals surface area contributed by atoms with Crippen LogP contribution in [-0.2, 0) is 0 Å². The maximum Gasteiger partial charge on any atom is 0.241 e. The highest BCUT2D eigenvalue weighted by Gasteiger charge is 2.12. The molecule has 0 bridgehead atoms. The third kappa shape index (κ3) is 1.55. The zero-order valence-electron chi connectivity index (χ0n) is 7.68. The summed E-state index contributed by atoms with van der Waals surface area (Å²) in [5, 5.41) is 7.98. The van der Waals surface area contributed by atoms with E-state index in [1.54, 1.807) is 18.2 Å². The standard InChI is InChI=1S/C8H9ClN6/c9-4-1-2-6(10)5(3-4)7-13-14-8(11)15(7)12/h1-3H,10,12H2,(H2,11,14). The number of benzene rings is 1. The molecule has 1 aromatic carbocycles. The number of hydrogen-bond acceptors (Lipinski definition) is 5. The second-order valence-electron chi connectivity index (χ2n) is 2.98. The normalized spacial score (nSPS) is 10.5. The van der Waals surface area contributed by atoms with Crippen LogP contribution in [0.25, 0.3) is 11.4 Å². The molecule has 0 saturated carbocycles. The fourth-order valence-electron chi connectivity index (χ4n) is 1.21. The van der Waals surface area contributed by atoms with Crippen molar-refractivity contribution in [3.63, 3.8) is 0 Å². The highest BCUT2D eigenvalue weighted by molar-refractivity contribution is 6.31. The van der Waals surface area contributed by atoms with Crippen LogP contribution in [0.5, 0.6) is 0 Å². The lowest BCUT2D eigenvalue weighted by molar-refractivity contribution is 1.02. The average Bonchev–Trinajstić information content (AvgIpc) is 2.52. The van der Waals surface area contributed by atoms with Gasteiger partial charge in [-0.1, -0.05) is 11.6 Å². The zero-order chi connectivity index (χ0) is 11.0. The number of nitrogens with two attached hydrogens (primary N) is 3. The molecule has 6 N–H and O–H groups in total. The maximum absolute atomic E-state index is 5.84. The molecule has 0 spiro atoms. The van der Waals surface area contributed by atoms with Gasteiger partial charge in [0.2, 0.25) is 5.95 Å². The first kappa shape index (κ1) is 9.60. The number of aromatic nitrogens is 3. The van der Waals surface area contributed by atoms with Crippen LogP contribution in [0.3, 0.4) is 0 Å². The van der Waals surface area contributed by atoms with Crippen LogP contribution in [0.4, 0.5) is 11.6 Å². The van der Waals surface area contributed by atoms with E-state index < -0.39 is 0 Å². The van der Waals surface area contributed by atoms with Crippen molar-refractivity contribution in [2.45, 2.75) is 0 Å². The summed E-state index contributed by atoms with van der Waals surface area (Å²) in [5.74, 6) is 6.12. The van der Waals surface area contributed by atoms with Crippen molar-refractivity contribution >= 4 is 23.2 Å². The molecule has 2 rings (SSSR count). The first-order valence-corrected chi connectivity index (χ1v) is 4.48. The molecule has 0 aliphatic carbocycles.